The van der Waals surface area contributed by atoms with Gasteiger partial charge in [0.05, 0.1) is 0 Å². The van der Waals surface area contributed by atoms with Crippen LogP contribution in [0.1, 0.15) is 32.6 Å². The van der Waals surface area contributed by atoms with Gasteiger partial charge in [-0.05, 0) is 44.6 Å². The zero-order valence-electron chi connectivity index (χ0n) is 12.5. The smallest absolute Gasteiger partial charge is 0.191 e. The molecule has 0 radical (unpaired) electrons. The standard InChI is InChI=1S/C14H25N3S.HI/c1-11(9-12-7-6-8-18-12)10-16-13(15-5)17-14(2,3)4;/h6-8,11H,9-10H2,1-5H3,(H2,15,16,17);1H. The van der Waals surface area contributed by atoms with E-state index in [1.165, 1.54) is 4.88 Å². The Morgan fingerprint density at radius 2 is 2.11 bits per heavy atom. The van der Waals surface area contributed by atoms with Gasteiger partial charge in [-0.3, -0.25) is 4.99 Å². The highest BCUT2D eigenvalue weighted by Gasteiger charge is 2.12. The molecule has 5 heteroatoms. The minimum absolute atomic E-state index is 0. The Morgan fingerprint density at radius 3 is 2.58 bits per heavy atom. The minimum Gasteiger partial charge on any atom is -0.356 e. The van der Waals surface area contributed by atoms with E-state index in [1.807, 2.05) is 18.4 Å². The van der Waals surface area contributed by atoms with Crippen molar-refractivity contribution in [2.45, 2.75) is 39.7 Å². The monoisotopic (exact) mass is 395 g/mol. The van der Waals surface area contributed by atoms with E-state index >= 15 is 0 Å². The van der Waals surface area contributed by atoms with Gasteiger partial charge in [0.25, 0.3) is 0 Å². The predicted molar refractivity (Wildman–Crippen MR) is 96.9 cm³/mol. The van der Waals surface area contributed by atoms with E-state index in [-0.39, 0.29) is 29.5 Å². The molecule has 1 atom stereocenters. The molecule has 0 aliphatic carbocycles. The molecule has 0 amide bonds. The summed E-state index contributed by atoms with van der Waals surface area (Å²) in [5.74, 6) is 1.47. The molecule has 2 N–H and O–H groups in total. The van der Waals surface area contributed by atoms with Crippen LogP contribution in [0.3, 0.4) is 0 Å². The first-order valence-corrected chi connectivity index (χ1v) is 7.30. The molecule has 1 aromatic heterocycles. The number of hydrogen-bond acceptors (Lipinski definition) is 2. The van der Waals surface area contributed by atoms with Crippen molar-refractivity contribution in [3.05, 3.63) is 22.4 Å². The number of hydrogen-bond donors (Lipinski definition) is 2. The molecule has 1 unspecified atom stereocenters. The second-order valence-corrected chi connectivity index (χ2v) is 6.75. The SMILES string of the molecule is CN=C(NCC(C)Cc1cccs1)NC(C)(C)C.I. The number of aliphatic imine (C=N–C) groups is 1. The lowest BCUT2D eigenvalue weighted by atomic mass is 10.1. The summed E-state index contributed by atoms with van der Waals surface area (Å²) in [4.78, 5) is 5.69. The summed E-state index contributed by atoms with van der Waals surface area (Å²) in [5.41, 5.74) is 0.0405. The molecule has 1 rings (SSSR count). The molecule has 19 heavy (non-hydrogen) atoms. The van der Waals surface area contributed by atoms with Crippen LogP contribution in [0.5, 0.6) is 0 Å². The lowest BCUT2D eigenvalue weighted by Gasteiger charge is -2.24. The van der Waals surface area contributed by atoms with Crippen molar-refractivity contribution < 1.29 is 0 Å². The van der Waals surface area contributed by atoms with E-state index in [2.05, 4.69) is 60.8 Å². The molecular weight excluding hydrogens is 369 g/mol. The molecule has 1 heterocycles. The van der Waals surface area contributed by atoms with Gasteiger partial charge in [0.1, 0.15) is 0 Å². The summed E-state index contributed by atoms with van der Waals surface area (Å²) in [6.45, 7) is 9.60. The Balaban J connectivity index is 0.00000324. The molecule has 0 aliphatic heterocycles. The Labute approximate surface area is 138 Å². The van der Waals surface area contributed by atoms with Crippen LogP contribution in [-0.4, -0.2) is 25.1 Å². The molecule has 0 saturated carbocycles. The van der Waals surface area contributed by atoms with Crippen LogP contribution in [0.2, 0.25) is 0 Å². The lowest BCUT2D eigenvalue weighted by Crippen LogP contribution is -2.48. The number of thiophene rings is 1. The summed E-state index contributed by atoms with van der Waals surface area (Å²) < 4.78 is 0. The first kappa shape index (κ1) is 18.7. The van der Waals surface area contributed by atoms with Gasteiger partial charge in [-0.25, -0.2) is 0 Å². The third-order valence-corrected chi connectivity index (χ3v) is 3.36. The maximum absolute atomic E-state index is 4.24. The van der Waals surface area contributed by atoms with Crippen molar-refractivity contribution in [2.24, 2.45) is 10.9 Å². The molecule has 0 fully saturated rings. The van der Waals surface area contributed by atoms with Crippen LogP contribution < -0.4 is 10.6 Å². The third kappa shape index (κ3) is 8.47. The first-order valence-electron chi connectivity index (χ1n) is 6.42. The van der Waals surface area contributed by atoms with Gasteiger partial charge >= 0.3 is 0 Å². The summed E-state index contributed by atoms with van der Waals surface area (Å²) in [6.07, 6.45) is 1.12. The maximum atomic E-state index is 4.24. The van der Waals surface area contributed by atoms with Gasteiger partial charge in [0, 0.05) is 24.0 Å². The number of nitrogens with zero attached hydrogens (tertiary/aromatic N) is 1. The summed E-state index contributed by atoms with van der Waals surface area (Å²) in [6, 6.07) is 4.31. The van der Waals surface area contributed by atoms with Crippen LogP contribution in [0.4, 0.5) is 0 Å². The number of nitrogens with one attached hydrogen (secondary N) is 2. The quantitative estimate of drug-likeness (QED) is 0.465. The minimum atomic E-state index is 0. The van der Waals surface area contributed by atoms with Gasteiger partial charge < -0.3 is 10.6 Å². The average Bonchev–Trinajstić information content (AvgIpc) is 2.75. The van der Waals surface area contributed by atoms with Gasteiger partial charge in [-0.15, -0.1) is 35.3 Å². The molecule has 110 valence electrons. The van der Waals surface area contributed by atoms with E-state index in [4.69, 9.17) is 0 Å². The largest absolute Gasteiger partial charge is 0.356 e. The lowest BCUT2D eigenvalue weighted by molar-refractivity contribution is 0.491. The van der Waals surface area contributed by atoms with Crippen LogP contribution in [0.25, 0.3) is 0 Å². The Morgan fingerprint density at radius 1 is 1.42 bits per heavy atom. The Hall–Kier alpha value is -0.300. The highest BCUT2D eigenvalue weighted by Crippen LogP contribution is 2.13. The van der Waals surface area contributed by atoms with E-state index in [9.17, 15) is 0 Å². The van der Waals surface area contributed by atoms with Crippen LogP contribution in [0, 0.1) is 5.92 Å². The molecule has 0 aliphatic rings. The molecule has 1 aromatic rings. The van der Waals surface area contributed by atoms with Crippen LogP contribution >= 0.6 is 35.3 Å². The molecule has 0 spiro atoms. The van der Waals surface area contributed by atoms with Gasteiger partial charge in [-0.1, -0.05) is 13.0 Å². The Bertz CT molecular complexity index is 369. The van der Waals surface area contributed by atoms with Crippen molar-refractivity contribution in [3.8, 4) is 0 Å². The summed E-state index contributed by atoms with van der Waals surface area (Å²) >= 11 is 1.83. The van der Waals surface area contributed by atoms with Crippen molar-refractivity contribution in [3.63, 3.8) is 0 Å². The summed E-state index contributed by atoms with van der Waals surface area (Å²) in [7, 11) is 1.81. The predicted octanol–water partition coefficient (Wildman–Crippen LogP) is 3.51. The summed E-state index contributed by atoms with van der Waals surface area (Å²) in [5, 5.41) is 8.88. The van der Waals surface area contributed by atoms with E-state index in [0.29, 0.717) is 5.92 Å². The molecule has 0 bridgehead atoms. The van der Waals surface area contributed by atoms with Crippen molar-refractivity contribution in [2.75, 3.05) is 13.6 Å². The average molecular weight is 395 g/mol. The van der Waals surface area contributed by atoms with Crippen molar-refractivity contribution >= 4 is 41.3 Å². The number of rotatable bonds is 4. The van der Waals surface area contributed by atoms with E-state index in [1.54, 1.807) is 0 Å². The van der Waals surface area contributed by atoms with Crippen molar-refractivity contribution in [1.82, 2.24) is 10.6 Å². The third-order valence-electron chi connectivity index (χ3n) is 2.46. The fourth-order valence-electron chi connectivity index (χ4n) is 1.65. The zero-order valence-corrected chi connectivity index (χ0v) is 15.6. The van der Waals surface area contributed by atoms with Crippen LogP contribution in [0.15, 0.2) is 22.5 Å². The van der Waals surface area contributed by atoms with E-state index in [0.717, 1.165) is 18.9 Å². The topological polar surface area (TPSA) is 36.4 Å². The number of halogens is 1. The van der Waals surface area contributed by atoms with Gasteiger partial charge in [0.2, 0.25) is 0 Å². The number of guanidine groups is 1. The van der Waals surface area contributed by atoms with Gasteiger partial charge in [-0.2, -0.15) is 0 Å². The second-order valence-electron chi connectivity index (χ2n) is 5.72. The van der Waals surface area contributed by atoms with Crippen molar-refractivity contribution in [1.29, 1.82) is 0 Å². The fourth-order valence-corrected chi connectivity index (χ4v) is 2.52. The van der Waals surface area contributed by atoms with Crippen LogP contribution in [-0.2, 0) is 6.42 Å². The highest BCUT2D eigenvalue weighted by atomic mass is 127. The Kier molecular flexibility index (Phi) is 8.65. The van der Waals surface area contributed by atoms with Gasteiger partial charge in [0.15, 0.2) is 5.96 Å². The zero-order chi connectivity index (χ0) is 13.6. The molecule has 0 aromatic carbocycles. The molecule has 3 nitrogen and oxygen atoms in total. The molecular formula is C14H26IN3S. The normalized spacial score (nSPS) is 13.6. The fraction of sp³-hybridized carbons (Fsp3) is 0.643. The maximum Gasteiger partial charge on any atom is 0.191 e. The first-order chi connectivity index (χ1) is 8.40. The second kappa shape index (κ2) is 8.79. The van der Waals surface area contributed by atoms with E-state index < -0.39 is 0 Å². The highest BCUT2D eigenvalue weighted by molar-refractivity contribution is 14.0. The molecule has 0 saturated heterocycles.